The van der Waals surface area contributed by atoms with Crippen LogP contribution in [-0.4, -0.2) is 47.9 Å². The molecule has 2 fully saturated rings. The number of nitrogens with zero attached hydrogens (tertiary/aromatic N) is 2. The van der Waals surface area contributed by atoms with Crippen molar-refractivity contribution < 1.29 is 9.47 Å². The maximum absolute atomic E-state index is 5.97. The van der Waals surface area contributed by atoms with Crippen LogP contribution in [0.1, 0.15) is 18.4 Å². The Kier molecular flexibility index (Phi) is 4.45. The zero-order valence-corrected chi connectivity index (χ0v) is 11.8. The molecule has 1 aromatic rings. The standard InChI is InChI=1S/C16H22N2O2/c1-2-9-19-15-12-18(11-13-5-7-17-8-6-13)14-4-3-10-20-16(14)15/h2,5-8,14-16H,1,3-4,9-12H2/t14-,15-,16+/m1/s1. The number of fused-ring (bicyclic) bond motifs is 1. The topological polar surface area (TPSA) is 34.6 Å². The average Bonchev–Trinajstić information content (AvgIpc) is 2.85. The Labute approximate surface area is 120 Å². The van der Waals surface area contributed by atoms with Gasteiger partial charge in [-0.25, -0.2) is 0 Å². The third-order valence-electron chi connectivity index (χ3n) is 4.15. The van der Waals surface area contributed by atoms with Gasteiger partial charge < -0.3 is 9.47 Å². The molecule has 1 aromatic heterocycles. The lowest BCUT2D eigenvalue weighted by atomic mass is 10.0. The lowest BCUT2D eigenvalue weighted by Gasteiger charge is -2.32. The molecule has 20 heavy (non-hydrogen) atoms. The maximum atomic E-state index is 5.97. The van der Waals surface area contributed by atoms with Crippen LogP contribution in [0.25, 0.3) is 0 Å². The minimum Gasteiger partial charge on any atom is -0.374 e. The summed E-state index contributed by atoms with van der Waals surface area (Å²) in [6, 6.07) is 4.64. The minimum absolute atomic E-state index is 0.167. The number of hydrogen-bond donors (Lipinski definition) is 0. The quantitative estimate of drug-likeness (QED) is 0.769. The van der Waals surface area contributed by atoms with Crippen molar-refractivity contribution in [2.75, 3.05) is 19.8 Å². The van der Waals surface area contributed by atoms with Crippen LogP contribution in [0.2, 0.25) is 0 Å². The highest BCUT2D eigenvalue weighted by Crippen LogP contribution is 2.31. The van der Waals surface area contributed by atoms with Crippen molar-refractivity contribution in [1.82, 2.24) is 9.88 Å². The monoisotopic (exact) mass is 274 g/mol. The van der Waals surface area contributed by atoms with Crippen molar-refractivity contribution in [3.05, 3.63) is 42.7 Å². The highest BCUT2D eigenvalue weighted by molar-refractivity contribution is 5.11. The molecule has 0 amide bonds. The molecular formula is C16H22N2O2. The molecule has 2 aliphatic rings. The summed E-state index contributed by atoms with van der Waals surface area (Å²) >= 11 is 0. The Morgan fingerprint density at radius 2 is 2.30 bits per heavy atom. The van der Waals surface area contributed by atoms with Crippen LogP contribution in [0.5, 0.6) is 0 Å². The lowest BCUT2D eigenvalue weighted by molar-refractivity contribution is -0.0721. The fourth-order valence-corrected chi connectivity index (χ4v) is 3.25. The smallest absolute Gasteiger partial charge is 0.100 e. The van der Waals surface area contributed by atoms with Crippen LogP contribution in [0.4, 0.5) is 0 Å². The van der Waals surface area contributed by atoms with E-state index in [1.165, 1.54) is 12.0 Å². The Morgan fingerprint density at radius 1 is 1.45 bits per heavy atom. The Balaban J connectivity index is 1.69. The highest BCUT2D eigenvalue weighted by Gasteiger charge is 2.44. The zero-order chi connectivity index (χ0) is 13.8. The molecule has 0 spiro atoms. The molecule has 0 bridgehead atoms. The van der Waals surface area contributed by atoms with Crippen molar-refractivity contribution >= 4 is 0 Å². The Morgan fingerprint density at radius 3 is 3.10 bits per heavy atom. The largest absolute Gasteiger partial charge is 0.374 e. The molecule has 3 heterocycles. The Hall–Kier alpha value is -1.23. The van der Waals surface area contributed by atoms with E-state index in [0.29, 0.717) is 12.6 Å². The van der Waals surface area contributed by atoms with Gasteiger partial charge in [-0.2, -0.15) is 0 Å². The number of hydrogen-bond acceptors (Lipinski definition) is 4. The number of pyridine rings is 1. The first-order chi connectivity index (χ1) is 9.88. The zero-order valence-electron chi connectivity index (χ0n) is 11.8. The average molecular weight is 274 g/mol. The first kappa shape index (κ1) is 13.7. The second-order valence-corrected chi connectivity index (χ2v) is 5.49. The van der Waals surface area contributed by atoms with E-state index in [0.717, 1.165) is 26.1 Å². The van der Waals surface area contributed by atoms with Gasteiger partial charge in [-0.1, -0.05) is 6.08 Å². The fraction of sp³-hybridized carbons (Fsp3) is 0.562. The predicted octanol–water partition coefficient (Wildman–Crippen LogP) is 2.02. The van der Waals surface area contributed by atoms with Crippen LogP contribution in [0.3, 0.4) is 0 Å². The van der Waals surface area contributed by atoms with Gasteiger partial charge in [-0.15, -0.1) is 6.58 Å². The van der Waals surface area contributed by atoms with E-state index in [-0.39, 0.29) is 12.2 Å². The van der Waals surface area contributed by atoms with E-state index < -0.39 is 0 Å². The van der Waals surface area contributed by atoms with Crippen LogP contribution in [0, 0.1) is 0 Å². The third-order valence-corrected chi connectivity index (χ3v) is 4.15. The number of ether oxygens (including phenoxy) is 2. The van der Waals surface area contributed by atoms with Crippen LogP contribution >= 0.6 is 0 Å². The molecule has 0 N–H and O–H groups in total. The molecule has 2 aliphatic heterocycles. The molecule has 0 radical (unpaired) electrons. The van der Waals surface area contributed by atoms with Crippen molar-refractivity contribution in [2.45, 2.75) is 37.6 Å². The van der Waals surface area contributed by atoms with Gasteiger partial charge in [-0.05, 0) is 30.5 Å². The molecule has 0 aliphatic carbocycles. The summed E-state index contributed by atoms with van der Waals surface area (Å²) in [6.45, 7) is 7.06. The summed E-state index contributed by atoms with van der Waals surface area (Å²) in [6.07, 6.45) is 8.23. The number of aromatic nitrogens is 1. The highest BCUT2D eigenvalue weighted by atomic mass is 16.5. The molecule has 3 rings (SSSR count). The Bertz CT molecular complexity index is 437. The van der Waals surface area contributed by atoms with E-state index >= 15 is 0 Å². The first-order valence-corrected chi connectivity index (χ1v) is 7.35. The SMILES string of the molecule is C=CCO[C@@H]1CN(Cc2ccncc2)[C@@H]2CCCO[C@@H]21. The summed E-state index contributed by atoms with van der Waals surface area (Å²) in [7, 11) is 0. The van der Waals surface area contributed by atoms with E-state index in [1.54, 1.807) is 0 Å². The van der Waals surface area contributed by atoms with Crippen molar-refractivity contribution in [2.24, 2.45) is 0 Å². The number of rotatable bonds is 5. The normalized spacial score (nSPS) is 30.1. The van der Waals surface area contributed by atoms with Crippen molar-refractivity contribution in [3.63, 3.8) is 0 Å². The van der Waals surface area contributed by atoms with Crippen LogP contribution in [-0.2, 0) is 16.0 Å². The maximum Gasteiger partial charge on any atom is 0.100 e. The summed E-state index contributed by atoms with van der Waals surface area (Å²) in [5, 5.41) is 0. The van der Waals surface area contributed by atoms with Gasteiger partial charge in [0.25, 0.3) is 0 Å². The predicted molar refractivity (Wildman–Crippen MR) is 77.3 cm³/mol. The summed E-state index contributed by atoms with van der Waals surface area (Å²) in [5.74, 6) is 0. The molecule has 2 saturated heterocycles. The summed E-state index contributed by atoms with van der Waals surface area (Å²) < 4.78 is 11.9. The fourth-order valence-electron chi connectivity index (χ4n) is 3.25. The minimum atomic E-state index is 0.167. The van der Waals surface area contributed by atoms with Gasteiger partial charge >= 0.3 is 0 Å². The van der Waals surface area contributed by atoms with E-state index in [1.807, 2.05) is 18.5 Å². The first-order valence-electron chi connectivity index (χ1n) is 7.35. The van der Waals surface area contributed by atoms with Crippen LogP contribution in [0.15, 0.2) is 37.2 Å². The molecule has 4 nitrogen and oxygen atoms in total. The van der Waals surface area contributed by atoms with Crippen molar-refractivity contribution in [1.29, 1.82) is 0 Å². The lowest BCUT2D eigenvalue weighted by Crippen LogP contribution is -2.41. The van der Waals surface area contributed by atoms with E-state index in [4.69, 9.17) is 9.47 Å². The molecule has 0 aromatic carbocycles. The van der Waals surface area contributed by atoms with Gasteiger partial charge in [0.15, 0.2) is 0 Å². The molecular weight excluding hydrogens is 252 g/mol. The molecule has 108 valence electrons. The molecule has 4 heteroatoms. The molecule has 0 unspecified atom stereocenters. The van der Waals surface area contributed by atoms with Gasteiger partial charge in [0, 0.05) is 38.1 Å². The van der Waals surface area contributed by atoms with Gasteiger partial charge in [0.1, 0.15) is 6.10 Å². The summed E-state index contributed by atoms with van der Waals surface area (Å²) in [5.41, 5.74) is 1.30. The van der Waals surface area contributed by atoms with E-state index in [2.05, 4.69) is 28.6 Å². The van der Waals surface area contributed by atoms with Gasteiger partial charge in [-0.3, -0.25) is 9.88 Å². The van der Waals surface area contributed by atoms with Gasteiger partial charge in [0.05, 0.1) is 12.7 Å². The number of likely N-dealkylation sites (tertiary alicyclic amines) is 1. The third kappa shape index (κ3) is 2.92. The van der Waals surface area contributed by atoms with Crippen LogP contribution < -0.4 is 0 Å². The second kappa shape index (κ2) is 6.48. The summed E-state index contributed by atoms with van der Waals surface area (Å²) in [4.78, 5) is 6.57. The van der Waals surface area contributed by atoms with Gasteiger partial charge in [0.2, 0.25) is 0 Å². The van der Waals surface area contributed by atoms with E-state index in [9.17, 15) is 0 Å². The van der Waals surface area contributed by atoms with Crippen molar-refractivity contribution in [3.8, 4) is 0 Å². The second-order valence-electron chi connectivity index (χ2n) is 5.49. The molecule has 0 saturated carbocycles. The molecule has 3 atom stereocenters.